The largest absolute Gasteiger partial charge is 0.493 e. The number of hydrogen-bond donors (Lipinski definition) is 0. The lowest BCUT2D eigenvalue weighted by molar-refractivity contribution is 0.100. The third-order valence-electron chi connectivity index (χ3n) is 5.77. The molecule has 2 aromatic rings. The molecule has 0 saturated heterocycles. The number of ether oxygens (including phenoxy) is 2. The summed E-state index contributed by atoms with van der Waals surface area (Å²) in [7, 11) is 3.16. The summed E-state index contributed by atoms with van der Waals surface area (Å²) in [6.07, 6.45) is 2.16. The van der Waals surface area contributed by atoms with E-state index in [1.807, 2.05) is 0 Å². The highest BCUT2D eigenvalue weighted by Crippen LogP contribution is 2.42. The van der Waals surface area contributed by atoms with E-state index in [2.05, 4.69) is 35.8 Å². The predicted octanol–water partition coefficient (Wildman–Crippen LogP) is 3.98. The van der Waals surface area contributed by atoms with E-state index in [0.717, 1.165) is 37.6 Å². The van der Waals surface area contributed by atoms with E-state index in [0.29, 0.717) is 17.1 Å². The molecular formula is C23H27N3O3. The van der Waals surface area contributed by atoms with E-state index >= 15 is 0 Å². The molecule has 2 heterocycles. The number of fused-ring (bicyclic) bond motifs is 3. The van der Waals surface area contributed by atoms with E-state index in [-0.39, 0.29) is 12.3 Å². The molecule has 0 radical (unpaired) electrons. The Labute approximate surface area is 171 Å². The van der Waals surface area contributed by atoms with Crippen molar-refractivity contribution in [3.63, 3.8) is 0 Å². The van der Waals surface area contributed by atoms with Crippen molar-refractivity contribution in [2.45, 2.75) is 26.7 Å². The Morgan fingerprint density at radius 3 is 2.62 bits per heavy atom. The van der Waals surface area contributed by atoms with Crippen LogP contribution in [0.2, 0.25) is 0 Å². The molecule has 0 N–H and O–H groups in total. The topological polar surface area (TPSA) is 54.4 Å². The van der Waals surface area contributed by atoms with E-state index < -0.39 is 0 Å². The molecule has 0 spiro atoms. The van der Waals surface area contributed by atoms with Crippen molar-refractivity contribution >= 4 is 23.1 Å². The minimum Gasteiger partial charge on any atom is -0.493 e. The number of carbonyl (C=O) groups is 1. The highest BCUT2D eigenvalue weighted by molar-refractivity contribution is 6.20. The monoisotopic (exact) mass is 393 g/mol. The summed E-state index contributed by atoms with van der Waals surface area (Å²) in [6, 6.07) is 9.53. The molecule has 0 aliphatic carbocycles. The first-order valence-electron chi connectivity index (χ1n) is 10.00. The molecule has 0 fully saturated rings. The summed E-state index contributed by atoms with van der Waals surface area (Å²) in [5, 5.41) is 0. The number of Topliss-reactive ketones (excluding diaryl/α,β-unsaturated/α-hetero) is 1. The molecular weight excluding hydrogens is 366 g/mol. The minimum atomic E-state index is 0.0175. The number of carbonyl (C=O) groups excluding carboxylic acids is 1. The number of ketones is 1. The first kappa shape index (κ1) is 19.3. The molecule has 6 nitrogen and oxygen atoms in total. The highest BCUT2D eigenvalue weighted by Gasteiger charge is 2.36. The highest BCUT2D eigenvalue weighted by atomic mass is 16.5. The van der Waals surface area contributed by atoms with Crippen molar-refractivity contribution in [3.05, 3.63) is 47.0 Å². The standard InChI is InChI=1S/C23H27N3O3/c1-15-7-9-18-22(16(15)2)25-12-6-5-11-24-23(25)26(18)14-19(27)17-8-10-20(28-3)21(13-17)29-4/h7-10,13H,5-6,11-12,14H2,1-4H3. The van der Waals surface area contributed by atoms with Gasteiger partial charge in [0.1, 0.15) is 0 Å². The normalized spacial score (nSPS) is 15.4. The summed E-state index contributed by atoms with van der Waals surface area (Å²) in [4.78, 5) is 22.4. The number of benzene rings is 2. The van der Waals surface area contributed by atoms with Crippen LogP contribution in [-0.2, 0) is 0 Å². The van der Waals surface area contributed by atoms with Crippen LogP contribution in [0.3, 0.4) is 0 Å². The zero-order valence-electron chi connectivity index (χ0n) is 17.5. The Bertz CT molecular complexity index is 984. The zero-order chi connectivity index (χ0) is 20.5. The lowest BCUT2D eigenvalue weighted by Gasteiger charge is -2.22. The van der Waals surface area contributed by atoms with Crippen molar-refractivity contribution in [2.24, 2.45) is 4.99 Å². The second kappa shape index (κ2) is 7.78. The third-order valence-corrected chi connectivity index (χ3v) is 5.77. The van der Waals surface area contributed by atoms with E-state index in [1.54, 1.807) is 32.4 Å². The van der Waals surface area contributed by atoms with Gasteiger partial charge in [0.25, 0.3) is 0 Å². The molecule has 4 rings (SSSR count). The van der Waals surface area contributed by atoms with Crippen molar-refractivity contribution in [1.82, 2.24) is 0 Å². The summed E-state index contributed by atoms with van der Waals surface area (Å²) < 4.78 is 10.6. The number of nitrogens with zero attached hydrogens (tertiary/aromatic N) is 3. The van der Waals surface area contributed by atoms with Crippen molar-refractivity contribution in [1.29, 1.82) is 0 Å². The third kappa shape index (κ3) is 3.33. The summed E-state index contributed by atoms with van der Waals surface area (Å²) in [5.74, 6) is 2.07. The lowest BCUT2D eigenvalue weighted by atomic mass is 10.1. The van der Waals surface area contributed by atoms with Gasteiger partial charge in [-0.2, -0.15) is 0 Å². The zero-order valence-corrected chi connectivity index (χ0v) is 17.5. The first-order chi connectivity index (χ1) is 14.0. The maximum absolute atomic E-state index is 13.2. The van der Waals surface area contributed by atoms with Crippen LogP contribution in [-0.4, -0.2) is 45.6 Å². The van der Waals surface area contributed by atoms with Crippen LogP contribution in [0.25, 0.3) is 0 Å². The molecule has 2 aromatic carbocycles. The molecule has 0 bridgehead atoms. The van der Waals surface area contributed by atoms with Gasteiger partial charge in [0, 0.05) is 18.7 Å². The SMILES string of the molecule is COc1ccc(C(=O)CN2C3=NCCCCN3c3c2ccc(C)c3C)cc1OC. The molecule has 0 saturated carbocycles. The van der Waals surface area contributed by atoms with Crippen LogP contribution in [0.15, 0.2) is 35.3 Å². The maximum Gasteiger partial charge on any atom is 0.206 e. The fourth-order valence-corrected chi connectivity index (χ4v) is 4.04. The van der Waals surface area contributed by atoms with Crippen LogP contribution in [0, 0.1) is 13.8 Å². The number of aliphatic imine (C=N–C) groups is 1. The van der Waals surface area contributed by atoms with Gasteiger partial charge >= 0.3 is 0 Å². The number of rotatable bonds is 5. The Hall–Kier alpha value is -3.02. The predicted molar refractivity (Wildman–Crippen MR) is 116 cm³/mol. The number of aryl methyl sites for hydroxylation is 1. The molecule has 6 heteroatoms. The second-order valence-corrected chi connectivity index (χ2v) is 7.49. The average Bonchev–Trinajstić information content (AvgIpc) is 2.87. The lowest BCUT2D eigenvalue weighted by Crippen LogP contribution is -2.41. The Kier molecular flexibility index (Phi) is 5.18. The molecule has 0 amide bonds. The van der Waals surface area contributed by atoms with Gasteiger partial charge in [0.15, 0.2) is 17.3 Å². The maximum atomic E-state index is 13.2. The van der Waals surface area contributed by atoms with Crippen molar-refractivity contribution < 1.29 is 14.3 Å². The van der Waals surface area contributed by atoms with Gasteiger partial charge in [-0.1, -0.05) is 6.07 Å². The molecule has 2 aliphatic rings. The van der Waals surface area contributed by atoms with Crippen molar-refractivity contribution in [3.8, 4) is 11.5 Å². The van der Waals surface area contributed by atoms with Crippen LogP contribution in [0.5, 0.6) is 11.5 Å². The van der Waals surface area contributed by atoms with Crippen LogP contribution in [0.1, 0.15) is 34.3 Å². The van der Waals surface area contributed by atoms with Crippen LogP contribution < -0.4 is 19.3 Å². The smallest absolute Gasteiger partial charge is 0.206 e. The van der Waals surface area contributed by atoms with Gasteiger partial charge in [0.2, 0.25) is 5.96 Å². The van der Waals surface area contributed by atoms with Crippen molar-refractivity contribution in [2.75, 3.05) is 43.7 Å². The molecule has 0 unspecified atom stereocenters. The fraction of sp³-hybridized carbons (Fsp3) is 0.391. The number of guanidine groups is 1. The van der Waals surface area contributed by atoms with E-state index in [4.69, 9.17) is 14.5 Å². The summed E-state index contributed by atoms with van der Waals surface area (Å²) in [6.45, 7) is 6.23. The van der Waals surface area contributed by atoms with E-state index in [1.165, 1.54) is 16.8 Å². The Balaban J connectivity index is 1.70. The Morgan fingerprint density at radius 2 is 1.86 bits per heavy atom. The average molecular weight is 393 g/mol. The Morgan fingerprint density at radius 1 is 1.07 bits per heavy atom. The van der Waals surface area contributed by atoms with Crippen LogP contribution >= 0.6 is 0 Å². The fourth-order valence-electron chi connectivity index (χ4n) is 4.04. The number of methoxy groups -OCH3 is 2. The summed E-state index contributed by atoms with van der Waals surface area (Å²) >= 11 is 0. The number of hydrogen-bond acceptors (Lipinski definition) is 6. The quantitative estimate of drug-likeness (QED) is 0.719. The molecule has 152 valence electrons. The minimum absolute atomic E-state index is 0.0175. The summed E-state index contributed by atoms with van der Waals surface area (Å²) in [5.41, 5.74) is 5.34. The molecule has 2 aliphatic heterocycles. The van der Waals surface area contributed by atoms with Crippen LogP contribution in [0.4, 0.5) is 11.4 Å². The molecule has 29 heavy (non-hydrogen) atoms. The van der Waals surface area contributed by atoms with Gasteiger partial charge in [-0.05, 0) is 62.1 Å². The van der Waals surface area contributed by atoms with Gasteiger partial charge < -0.3 is 19.3 Å². The number of anilines is 2. The molecule has 0 aromatic heterocycles. The molecule has 0 atom stereocenters. The van der Waals surface area contributed by atoms with Gasteiger partial charge in [-0.25, -0.2) is 0 Å². The van der Waals surface area contributed by atoms with Gasteiger partial charge in [-0.3, -0.25) is 9.79 Å². The van der Waals surface area contributed by atoms with Gasteiger partial charge in [-0.15, -0.1) is 0 Å². The van der Waals surface area contributed by atoms with E-state index in [9.17, 15) is 4.79 Å². The second-order valence-electron chi connectivity index (χ2n) is 7.49. The first-order valence-corrected chi connectivity index (χ1v) is 10.00. The van der Waals surface area contributed by atoms with Gasteiger partial charge in [0.05, 0.1) is 32.1 Å².